The van der Waals surface area contributed by atoms with Gasteiger partial charge in [-0.15, -0.1) is 21.5 Å². The third-order valence-corrected chi connectivity index (χ3v) is 6.62. The summed E-state index contributed by atoms with van der Waals surface area (Å²) in [6.07, 6.45) is 0.233. The van der Waals surface area contributed by atoms with Crippen molar-refractivity contribution in [3.05, 3.63) is 77.2 Å². The number of nitriles is 1. The maximum Gasteiger partial charge on any atom is 0.219 e. The standard InChI is InChI=1S/C23H19N5OS2/c24-14-18-4-1-2-5-19(18)17-9-7-16(8-10-17)15-31-23-27-26-22(20-6-3-13-30-20)28(23)12-11-21(25)29/h1-10,13H,11-12,15H2,(H2,25,29). The maximum atomic E-state index is 11.3. The SMILES string of the molecule is N#Cc1ccccc1-c1ccc(CSc2nnc(-c3cccs3)n2CCC(N)=O)cc1. The lowest BCUT2D eigenvalue weighted by Gasteiger charge is -2.09. The fourth-order valence-electron chi connectivity index (χ4n) is 3.17. The highest BCUT2D eigenvalue weighted by molar-refractivity contribution is 7.98. The van der Waals surface area contributed by atoms with E-state index in [-0.39, 0.29) is 12.3 Å². The number of benzene rings is 2. The molecular formula is C23H19N5OS2. The summed E-state index contributed by atoms with van der Waals surface area (Å²) in [5.74, 6) is 1.11. The van der Waals surface area contributed by atoms with Gasteiger partial charge in [0.25, 0.3) is 0 Å². The van der Waals surface area contributed by atoms with Gasteiger partial charge in [-0.2, -0.15) is 5.26 Å². The van der Waals surface area contributed by atoms with Gasteiger partial charge in [0, 0.05) is 18.7 Å². The van der Waals surface area contributed by atoms with Crippen LogP contribution >= 0.6 is 23.1 Å². The van der Waals surface area contributed by atoms with Crippen LogP contribution in [0.2, 0.25) is 0 Å². The first-order chi connectivity index (χ1) is 15.2. The Morgan fingerprint density at radius 2 is 1.90 bits per heavy atom. The summed E-state index contributed by atoms with van der Waals surface area (Å²) in [6, 6.07) is 21.9. The van der Waals surface area contributed by atoms with Crippen LogP contribution in [0.4, 0.5) is 0 Å². The van der Waals surface area contributed by atoms with E-state index < -0.39 is 0 Å². The van der Waals surface area contributed by atoms with E-state index >= 15 is 0 Å². The van der Waals surface area contributed by atoms with Gasteiger partial charge in [0.05, 0.1) is 16.5 Å². The molecule has 154 valence electrons. The van der Waals surface area contributed by atoms with Gasteiger partial charge in [-0.05, 0) is 34.2 Å². The van der Waals surface area contributed by atoms with E-state index in [0.29, 0.717) is 17.9 Å². The van der Waals surface area contributed by atoms with Crippen molar-refractivity contribution in [1.82, 2.24) is 14.8 Å². The van der Waals surface area contributed by atoms with Crippen LogP contribution < -0.4 is 5.73 Å². The number of thioether (sulfide) groups is 1. The highest BCUT2D eigenvalue weighted by atomic mass is 32.2. The smallest absolute Gasteiger partial charge is 0.219 e. The molecule has 8 heteroatoms. The molecule has 0 bridgehead atoms. The first kappa shape index (κ1) is 20.8. The number of carbonyl (C=O) groups is 1. The Balaban J connectivity index is 1.51. The molecule has 0 radical (unpaired) electrons. The number of thiophene rings is 1. The second kappa shape index (κ2) is 9.60. The lowest BCUT2D eigenvalue weighted by molar-refractivity contribution is -0.118. The number of primary amides is 1. The van der Waals surface area contributed by atoms with E-state index in [0.717, 1.165) is 32.5 Å². The van der Waals surface area contributed by atoms with E-state index in [9.17, 15) is 10.1 Å². The van der Waals surface area contributed by atoms with Crippen LogP contribution in [0, 0.1) is 11.3 Å². The number of hydrogen-bond acceptors (Lipinski definition) is 6. The van der Waals surface area contributed by atoms with Gasteiger partial charge >= 0.3 is 0 Å². The predicted octanol–water partition coefficient (Wildman–Crippen LogP) is 4.71. The minimum absolute atomic E-state index is 0.233. The summed E-state index contributed by atoms with van der Waals surface area (Å²) >= 11 is 3.15. The minimum Gasteiger partial charge on any atom is -0.370 e. The van der Waals surface area contributed by atoms with Crippen molar-refractivity contribution < 1.29 is 4.79 Å². The molecule has 31 heavy (non-hydrogen) atoms. The monoisotopic (exact) mass is 445 g/mol. The Kier molecular flexibility index (Phi) is 6.46. The number of carbonyl (C=O) groups excluding carboxylic acids is 1. The van der Waals surface area contributed by atoms with Gasteiger partial charge in [0.2, 0.25) is 5.91 Å². The van der Waals surface area contributed by atoms with Crippen molar-refractivity contribution in [2.24, 2.45) is 5.73 Å². The Morgan fingerprint density at radius 1 is 1.10 bits per heavy atom. The van der Waals surface area contributed by atoms with Crippen LogP contribution in [0.3, 0.4) is 0 Å². The number of aromatic nitrogens is 3. The van der Waals surface area contributed by atoms with Crippen LogP contribution in [0.15, 0.2) is 71.2 Å². The van der Waals surface area contributed by atoms with Crippen molar-refractivity contribution in [3.63, 3.8) is 0 Å². The molecule has 1 amide bonds. The first-order valence-electron chi connectivity index (χ1n) is 9.62. The van der Waals surface area contributed by atoms with Crippen molar-refractivity contribution >= 4 is 29.0 Å². The van der Waals surface area contributed by atoms with Crippen molar-refractivity contribution in [2.45, 2.75) is 23.9 Å². The number of amides is 1. The molecule has 0 spiro atoms. The molecule has 0 saturated carbocycles. The Morgan fingerprint density at radius 3 is 2.61 bits per heavy atom. The van der Waals surface area contributed by atoms with Crippen molar-refractivity contribution in [2.75, 3.05) is 0 Å². The molecule has 0 aliphatic heterocycles. The number of hydrogen-bond donors (Lipinski definition) is 1. The Labute approximate surface area is 188 Å². The normalized spacial score (nSPS) is 10.7. The molecule has 0 fully saturated rings. The summed E-state index contributed by atoms with van der Waals surface area (Å²) in [5, 5.41) is 20.8. The van der Waals surface area contributed by atoms with Gasteiger partial charge in [-0.3, -0.25) is 4.79 Å². The average Bonchev–Trinajstić information content (AvgIpc) is 3.46. The molecule has 0 aliphatic rings. The molecule has 4 rings (SSSR count). The Bertz CT molecular complexity index is 1220. The fraction of sp³-hybridized carbons (Fsp3) is 0.130. The third-order valence-electron chi connectivity index (χ3n) is 4.72. The second-order valence-corrected chi connectivity index (χ2v) is 8.68. The van der Waals surface area contributed by atoms with Crippen LogP contribution in [-0.2, 0) is 17.1 Å². The van der Waals surface area contributed by atoms with Gasteiger partial charge in [-0.1, -0.05) is 60.3 Å². The van der Waals surface area contributed by atoms with E-state index in [4.69, 9.17) is 5.73 Å². The zero-order valence-corrected chi connectivity index (χ0v) is 18.2. The molecule has 4 aromatic rings. The first-order valence-corrected chi connectivity index (χ1v) is 11.5. The third kappa shape index (κ3) is 4.85. The fourth-order valence-corrected chi connectivity index (χ4v) is 4.81. The molecular weight excluding hydrogens is 426 g/mol. The maximum absolute atomic E-state index is 11.3. The quantitative estimate of drug-likeness (QED) is 0.396. The zero-order chi connectivity index (χ0) is 21.6. The van der Waals surface area contributed by atoms with Crippen LogP contribution in [0.5, 0.6) is 0 Å². The van der Waals surface area contributed by atoms with E-state index in [1.165, 1.54) is 0 Å². The largest absolute Gasteiger partial charge is 0.370 e. The summed E-state index contributed by atoms with van der Waals surface area (Å²) in [7, 11) is 0. The topological polar surface area (TPSA) is 97.6 Å². The molecule has 6 nitrogen and oxygen atoms in total. The highest BCUT2D eigenvalue weighted by Crippen LogP contribution is 2.30. The lowest BCUT2D eigenvalue weighted by atomic mass is 10.00. The van der Waals surface area contributed by atoms with Gasteiger partial charge in [0.15, 0.2) is 11.0 Å². The zero-order valence-electron chi connectivity index (χ0n) is 16.6. The van der Waals surface area contributed by atoms with Gasteiger partial charge in [0.1, 0.15) is 0 Å². The summed E-state index contributed by atoms with van der Waals surface area (Å²) < 4.78 is 1.96. The highest BCUT2D eigenvalue weighted by Gasteiger charge is 2.16. The van der Waals surface area contributed by atoms with Crippen LogP contribution in [0.25, 0.3) is 21.8 Å². The molecule has 2 heterocycles. The average molecular weight is 446 g/mol. The second-order valence-electron chi connectivity index (χ2n) is 6.79. The van der Waals surface area contributed by atoms with Gasteiger partial charge in [-0.25, -0.2) is 0 Å². The molecule has 2 aromatic heterocycles. The number of nitrogens with zero attached hydrogens (tertiary/aromatic N) is 4. The van der Waals surface area contributed by atoms with E-state index in [1.54, 1.807) is 23.1 Å². The molecule has 2 N–H and O–H groups in total. The minimum atomic E-state index is -0.352. The molecule has 0 atom stereocenters. The van der Waals surface area contributed by atoms with Crippen LogP contribution in [-0.4, -0.2) is 20.7 Å². The van der Waals surface area contributed by atoms with E-state index in [1.807, 2.05) is 58.5 Å². The van der Waals surface area contributed by atoms with Crippen LogP contribution in [0.1, 0.15) is 17.5 Å². The predicted molar refractivity (Wildman–Crippen MR) is 123 cm³/mol. The molecule has 0 saturated heterocycles. The Hall–Kier alpha value is -3.41. The summed E-state index contributed by atoms with van der Waals surface area (Å²) in [4.78, 5) is 12.3. The lowest BCUT2D eigenvalue weighted by Crippen LogP contribution is -2.14. The number of nitrogens with two attached hydrogens (primary N) is 1. The summed E-state index contributed by atoms with van der Waals surface area (Å²) in [6.45, 7) is 0.446. The van der Waals surface area contributed by atoms with Gasteiger partial charge < -0.3 is 10.3 Å². The summed E-state index contributed by atoms with van der Waals surface area (Å²) in [5.41, 5.74) is 9.09. The molecule has 2 aromatic carbocycles. The van der Waals surface area contributed by atoms with Crippen molar-refractivity contribution in [3.8, 4) is 27.9 Å². The van der Waals surface area contributed by atoms with E-state index in [2.05, 4.69) is 28.4 Å². The van der Waals surface area contributed by atoms with Crippen molar-refractivity contribution in [1.29, 1.82) is 5.26 Å². The number of rotatable bonds is 8. The molecule has 0 unspecified atom stereocenters. The molecule has 0 aliphatic carbocycles.